The van der Waals surface area contributed by atoms with Gasteiger partial charge in [-0.2, -0.15) is 5.10 Å². The van der Waals surface area contributed by atoms with Crippen LogP contribution >= 0.6 is 24.0 Å². The van der Waals surface area contributed by atoms with Gasteiger partial charge in [-0.3, -0.25) is 4.79 Å². The highest BCUT2D eigenvalue weighted by Crippen LogP contribution is 2.20. The summed E-state index contributed by atoms with van der Waals surface area (Å²) in [5.41, 5.74) is 9.47. The fourth-order valence-electron chi connectivity index (χ4n) is 2.99. The molecule has 0 bridgehead atoms. The predicted octanol–water partition coefficient (Wildman–Crippen LogP) is 3.60. The molecule has 0 saturated heterocycles. The van der Waals surface area contributed by atoms with E-state index in [1.54, 1.807) is 0 Å². The third kappa shape index (κ3) is 5.73. The molecular weight excluding hydrogens is 371 g/mol. The number of carbonyl (C=O) groups excluding carboxylic acids is 1. The van der Waals surface area contributed by atoms with Crippen molar-refractivity contribution < 1.29 is 4.79 Å². The maximum absolute atomic E-state index is 12.4. The third-order valence-corrected chi connectivity index (χ3v) is 4.51. The van der Waals surface area contributed by atoms with Gasteiger partial charge in [0, 0.05) is 28.9 Å². The van der Waals surface area contributed by atoms with Crippen LogP contribution in [0.5, 0.6) is 0 Å². The van der Waals surface area contributed by atoms with Gasteiger partial charge in [0.05, 0.1) is 17.8 Å². The molecule has 0 saturated carbocycles. The lowest BCUT2D eigenvalue weighted by atomic mass is 10.0. The first-order valence-electron chi connectivity index (χ1n) is 8.62. The van der Waals surface area contributed by atoms with E-state index in [1.165, 1.54) is 0 Å². The highest BCUT2D eigenvalue weighted by atomic mass is 35.5. The predicted molar refractivity (Wildman–Crippen MR) is 109 cm³/mol. The van der Waals surface area contributed by atoms with Crippen LogP contribution in [0.4, 0.5) is 0 Å². The maximum atomic E-state index is 12.4. The summed E-state index contributed by atoms with van der Waals surface area (Å²) in [6.07, 6.45) is 1.18. The second-order valence-electron chi connectivity index (χ2n) is 6.84. The lowest BCUT2D eigenvalue weighted by Crippen LogP contribution is -2.41. The summed E-state index contributed by atoms with van der Waals surface area (Å²) in [6.45, 7) is 8.60. The number of halogens is 2. The number of nitrogens with zero attached hydrogens (tertiary/aromatic N) is 2. The molecule has 0 fully saturated rings. The standard InChI is InChI=1S/C19H27ClN4O.ClH/c1-12(2)9-16(11-21)22-19(25)10-18-13(3)23-24(14(18)4)17-7-5-15(20)6-8-17;/h5-8,12,16H,9-11,21H2,1-4H3,(H,22,25);1H. The first-order valence-corrected chi connectivity index (χ1v) is 9.00. The van der Waals surface area contributed by atoms with Crippen molar-refractivity contribution in [3.63, 3.8) is 0 Å². The molecule has 1 unspecified atom stereocenters. The molecule has 0 aliphatic carbocycles. The number of aryl methyl sites for hydroxylation is 1. The van der Waals surface area contributed by atoms with E-state index in [-0.39, 0.29) is 24.4 Å². The van der Waals surface area contributed by atoms with Crippen LogP contribution in [0, 0.1) is 19.8 Å². The maximum Gasteiger partial charge on any atom is 0.224 e. The summed E-state index contributed by atoms with van der Waals surface area (Å²) < 4.78 is 1.85. The topological polar surface area (TPSA) is 72.9 Å². The van der Waals surface area contributed by atoms with Crippen molar-refractivity contribution in [2.24, 2.45) is 11.7 Å². The molecule has 3 N–H and O–H groups in total. The third-order valence-electron chi connectivity index (χ3n) is 4.26. The molecule has 0 radical (unpaired) electrons. The van der Waals surface area contributed by atoms with E-state index < -0.39 is 0 Å². The first kappa shape index (κ1) is 22.5. The van der Waals surface area contributed by atoms with Gasteiger partial charge in [-0.25, -0.2) is 4.68 Å². The molecule has 1 amide bonds. The monoisotopic (exact) mass is 398 g/mol. The number of nitrogens with two attached hydrogens (primary N) is 1. The zero-order valence-electron chi connectivity index (χ0n) is 15.8. The number of nitrogens with one attached hydrogen (secondary N) is 1. The molecular formula is C19H28Cl2N4O. The normalized spacial score (nSPS) is 12.0. The number of benzene rings is 1. The Morgan fingerprint density at radius 1 is 1.27 bits per heavy atom. The molecule has 2 rings (SSSR count). The molecule has 0 aliphatic heterocycles. The van der Waals surface area contributed by atoms with Crippen LogP contribution in [-0.4, -0.2) is 28.3 Å². The average Bonchev–Trinajstić information content (AvgIpc) is 2.82. The molecule has 1 aromatic carbocycles. The zero-order chi connectivity index (χ0) is 18.6. The van der Waals surface area contributed by atoms with Crippen LogP contribution in [-0.2, 0) is 11.2 Å². The van der Waals surface area contributed by atoms with E-state index in [1.807, 2.05) is 42.8 Å². The van der Waals surface area contributed by atoms with Crippen LogP contribution in [0.1, 0.15) is 37.2 Å². The SMILES string of the molecule is Cc1nn(-c2ccc(Cl)cc2)c(C)c1CC(=O)NC(CN)CC(C)C.Cl. The van der Waals surface area contributed by atoms with Crippen molar-refractivity contribution in [1.82, 2.24) is 15.1 Å². The van der Waals surface area contributed by atoms with Crippen molar-refractivity contribution in [2.45, 2.75) is 46.6 Å². The second-order valence-corrected chi connectivity index (χ2v) is 7.28. The minimum absolute atomic E-state index is 0. The summed E-state index contributed by atoms with van der Waals surface area (Å²) in [7, 11) is 0. The van der Waals surface area contributed by atoms with E-state index >= 15 is 0 Å². The smallest absolute Gasteiger partial charge is 0.224 e. The average molecular weight is 399 g/mol. The molecule has 5 nitrogen and oxygen atoms in total. The van der Waals surface area contributed by atoms with Gasteiger partial charge < -0.3 is 11.1 Å². The molecule has 1 atom stereocenters. The van der Waals surface area contributed by atoms with E-state index in [0.717, 1.165) is 29.1 Å². The Kier molecular flexibility index (Phi) is 8.60. The largest absolute Gasteiger partial charge is 0.352 e. The summed E-state index contributed by atoms with van der Waals surface area (Å²) in [4.78, 5) is 12.4. The molecule has 2 aromatic rings. The van der Waals surface area contributed by atoms with Gasteiger partial charge >= 0.3 is 0 Å². The van der Waals surface area contributed by atoms with Gasteiger partial charge in [0.25, 0.3) is 0 Å². The van der Waals surface area contributed by atoms with E-state index in [0.29, 0.717) is 23.9 Å². The number of amides is 1. The molecule has 7 heteroatoms. The van der Waals surface area contributed by atoms with E-state index in [9.17, 15) is 4.79 Å². The number of hydrogen-bond acceptors (Lipinski definition) is 3. The van der Waals surface area contributed by atoms with E-state index in [2.05, 4.69) is 24.3 Å². The molecule has 0 aliphatic rings. The lowest BCUT2D eigenvalue weighted by molar-refractivity contribution is -0.121. The van der Waals surface area contributed by atoms with Gasteiger partial charge in [-0.15, -0.1) is 12.4 Å². The lowest BCUT2D eigenvalue weighted by Gasteiger charge is -2.18. The summed E-state index contributed by atoms with van der Waals surface area (Å²) in [5, 5.41) is 8.30. The van der Waals surface area contributed by atoms with Gasteiger partial charge in [-0.05, 0) is 50.5 Å². The van der Waals surface area contributed by atoms with Gasteiger partial charge in [0.1, 0.15) is 0 Å². The van der Waals surface area contributed by atoms with Crippen LogP contribution in [0.15, 0.2) is 24.3 Å². The first-order chi connectivity index (χ1) is 11.8. The number of hydrogen-bond donors (Lipinski definition) is 2. The van der Waals surface area contributed by atoms with Crippen molar-refractivity contribution >= 4 is 29.9 Å². The number of aromatic nitrogens is 2. The highest BCUT2D eigenvalue weighted by molar-refractivity contribution is 6.30. The van der Waals surface area contributed by atoms with Gasteiger partial charge in [0.2, 0.25) is 5.91 Å². The van der Waals surface area contributed by atoms with Crippen LogP contribution in [0.2, 0.25) is 5.02 Å². The number of rotatable bonds is 7. The molecule has 144 valence electrons. The Morgan fingerprint density at radius 3 is 2.42 bits per heavy atom. The minimum atomic E-state index is -0.0158. The van der Waals surface area contributed by atoms with Crippen molar-refractivity contribution in [1.29, 1.82) is 0 Å². The number of carbonyl (C=O) groups is 1. The molecule has 1 heterocycles. The Bertz CT molecular complexity index is 726. The van der Waals surface area contributed by atoms with Crippen LogP contribution in [0.3, 0.4) is 0 Å². The van der Waals surface area contributed by atoms with E-state index in [4.69, 9.17) is 17.3 Å². The van der Waals surface area contributed by atoms with Crippen molar-refractivity contribution in [2.75, 3.05) is 6.54 Å². The molecule has 26 heavy (non-hydrogen) atoms. The van der Waals surface area contributed by atoms with Crippen molar-refractivity contribution in [3.8, 4) is 5.69 Å². The Balaban J connectivity index is 0.00000338. The van der Waals surface area contributed by atoms with Gasteiger partial charge in [-0.1, -0.05) is 25.4 Å². The Morgan fingerprint density at radius 2 is 1.88 bits per heavy atom. The second kappa shape index (κ2) is 9.95. The van der Waals surface area contributed by atoms with Gasteiger partial charge in [0.15, 0.2) is 0 Å². The Labute approximate surface area is 166 Å². The fourth-order valence-corrected chi connectivity index (χ4v) is 3.11. The zero-order valence-corrected chi connectivity index (χ0v) is 17.3. The van der Waals surface area contributed by atoms with Crippen LogP contribution in [0.25, 0.3) is 5.69 Å². The highest BCUT2D eigenvalue weighted by Gasteiger charge is 2.18. The minimum Gasteiger partial charge on any atom is -0.352 e. The molecule has 0 spiro atoms. The van der Waals surface area contributed by atoms with Crippen LogP contribution < -0.4 is 11.1 Å². The summed E-state index contributed by atoms with van der Waals surface area (Å²) in [6, 6.07) is 7.51. The van der Waals surface area contributed by atoms with Crippen molar-refractivity contribution in [3.05, 3.63) is 46.2 Å². The molecule has 1 aromatic heterocycles. The summed E-state index contributed by atoms with van der Waals surface area (Å²) >= 11 is 5.95. The summed E-state index contributed by atoms with van der Waals surface area (Å²) in [5.74, 6) is 0.475. The fraction of sp³-hybridized carbons (Fsp3) is 0.474. The Hall–Kier alpha value is -1.56. The quantitative estimate of drug-likeness (QED) is 0.747.